The Labute approximate surface area is 144 Å². The summed E-state index contributed by atoms with van der Waals surface area (Å²) in [6.45, 7) is 0.276. The molecule has 0 spiro atoms. The van der Waals surface area contributed by atoms with E-state index in [0.29, 0.717) is 5.75 Å². The van der Waals surface area contributed by atoms with Gasteiger partial charge in [0.25, 0.3) is 0 Å². The van der Waals surface area contributed by atoms with Gasteiger partial charge in [-0.2, -0.15) is 0 Å². The summed E-state index contributed by atoms with van der Waals surface area (Å²) in [6.07, 6.45) is -0.479. The molecule has 1 amide bonds. The minimum atomic E-state index is -0.758. The van der Waals surface area contributed by atoms with E-state index in [-0.39, 0.29) is 37.5 Å². The third-order valence-electron chi connectivity index (χ3n) is 4.24. The summed E-state index contributed by atoms with van der Waals surface area (Å²) in [6, 6.07) is 11.6. The molecule has 0 aromatic heterocycles. The van der Waals surface area contributed by atoms with Crippen molar-refractivity contribution in [3.8, 4) is 5.75 Å². The summed E-state index contributed by atoms with van der Waals surface area (Å²) >= 11 is 0. The van der Waals surface area contributed by atoms with E-state index in [9.17, 15) is 18.7 Å². The van der Waals surface area contributed by atoms with Gasteiger partial charge in [0, 0.05) is 12.1 Å². The smallest absolute Gasteiger partial charge is 0.226 e. The van der Waals surface area contributed by atoms with Gasteiger partial charge in [-0.1, -0.05) is 18.2 Å². The van der Waals surface area contributed by atoms with E-state index in [0.717, 1.165) is 18.2 Å². The molecule has 1 aliphatic rings. The first-order valence-corrected chi connectivity index (χ1v) is 8.15. The number of aliphatic hydroxyl groups excluding tert-OH is 1. The van der Waals surface area contributed by atoms with Crippen molar-refractivity contribution in [2.24, 2.45) is 0 Å². The van der Waals surface area contributed by atoms with Gasteiger partial charge in [-0.3, -0.25) is 4.79 Å². The van der Waals surface area contributed by atoms with Gasteiger partial charge in [0.1, 0.15) is 17.4 Å². The molecule has 6 heteroatoms. The number of benzene rings is 2. The normalized spacial score (nSPS) is 19.9. The third kappa shape index (κ3) is 4.14. The predicted molar refractivity (Wildman–Crippen MR) is 88.0 cm³/mol. The number of likely N-dealkylation sites (tertiary alicyclic amines) is 1. The molecule has 1 fully saturated rings. The number of carbonyl (C=O) groups excluding carboxylic acids is 1. The van der Waals surface area contributed by atoms with Crippen LogP contribution in [-0.2, 0) is 4.79 Å². The van der Waals surface area contributed by atoms with Crippen molar-refractivity contribution in [1.29, 1.82) is 0 Å². The van der Waals surface area contributed by atoms with Crippen LogP contribution < -0.4 is 4.74 Å². The number of halogens is 2. The quantitative estimate of drug-likeness (QED) is 0.904. The van der Waals surface area contributed by atoms with Gasteiger partial charge in [-0.05, 0) is 36.8 Å². The maximum Gasteiger partial charge on any atom is 0.226 e. The van der Waals surface area contributed by atoms with Crippen LogP contribution >= 0.6 is 0 Å². The fraction of sp³-hybridized carbons (Fsp3) is 0.316. The monoisotopic (exact) mass is 347 g/mol. The summed E-state index contributed by atoms with van der Waals surface area (Å²) in [5.74, 6) is -0.762. The van der Waals surface area contributed by atoms with Crippen LogP contribution in [0.1, 0.15) is 24.4 Å². The van der Waals surface area contributed by atoms with E-state index in [1.165, 1.54) is 4.90 Å². The van der Waals surface area contributed by atoms with Gasteiger partial charge in [-0.15, -0.1) is 0 Å². The topological polar surface area (TPSA) is 49.8 Å². The second-order valence-electron chi connectivity index (χ2n) is 6.03. The molecule has 1 aliphatic heterocycles. The van der Waals surface area contributed by atoms with Gasteiger partial charge in [0.2, 0.25) is 5.91 Å². The zero-order valence-corrected chi connectivity index (χ0v) is 13.6. The number of aliphatic hydroxyl groups is 1. The van der Waals surface area contributed by atoms with Gasteiger partial charge >= 0.3 is 0 Å². The first-order chi connectivity index (χ1) is 12.0. The van der Waals surface area contributed by atoms with Gasteiger partial charge < -0.3 is 14.7 Å². The SMILES string of the molecule is O=C(CCOc1ccccc1)N1CC(O)CC1c1cc(F)ccc1F. The molecule has 1 N–H and O–H groups in total. The number of β-amino-alcohol motifs (C(OH)–C–C–N with tert-alkyl or cyclic N) is 1. The van der Waals surface area contributed by atoms with E-state index < -0.39 is 23.8 Å². The number of nitrogens with zero attached hydrogens (tertiary/aromatic N) is 1. The van der Waals surface area contributed by atoms with Crippen molar-refractivity contribution in [2.45, 2.75) is 25.0 Å². The molecule has 2 aromatic carbocycles. The predicted octanol–water partition coefficient (Wildman–Crippen LogP) is 3.07. The van der Waals surface area contributed by atoms with Crippen molar-refractivity contribution in [3.63, 3.8) is 0 Å². The van der Waals surface area contributed by atoms with Crippen LogP contribution in [0.15, 0.2) is 48.5 Å². The summed E-state index contributed by atoms with van der Waals surface area (Å²) < 4.78 is 33.0. The summed E-state index contributed by atoms with van der Waals surface area (Å²) in [5, 5.41) is 9.90. The molecule has 1 saturated heterocycles. The maximum absolute atomic E-state index is 14.0. The molecule has 0 aliphatic carbocycles. The highest BCUT2D eigenvalue weighted by atomic mass is 19.1. The standard InChI is InChI=1S/C19H19F2NO3/c20-13-6-7-17(21)16(10-13)18-11-14(23)12-22(18)19(24)8-9-25-15-4-2-1-3-5-15/h1-7,10,14,18,23H,8-9,11-12H2. The van der Waals surface area contributed by atoms with Crippen LogP contribution in [0.4, 0.5) is 8.78 Å². The molecule has 0 bridgehead atoms. The number of hydrogen-bond donors (Lipinski definition) is 1. The van der Waals surface area contributed by atoms with Gasteiger partial charge in [0.15, 0.2) is 0 Å². The van der Waals surface area contributed by atoms with Gasteiger partial charge in [-0.25, -0.2) is 8.78 Å². The van der Waals surface area contributed by atoms with Crippen molar-refractivity contribution < 1.29 is 23.4 Å². The molecule has 4 nitrogen and oxygen atoms in total. The summed E-state index contributed by atoms with van der Waals surface area (Å²) in [4.78, 5) is 13.9. The molecule has 132 valence electrons. The number of rotatable bonds is 5. The lowest BCUT2D eigenvalue weighted by Crippen LogP contribution is -2.33. The second-order valence-corrected chi connectivity index (χ2v) is 6.03. The van der Waals surface area contributed by atoms with Crippen LogP contribution in [-0.4, -0.2) is 35.2 Å². The molecule has 3 rings (SSSR count). The summed E-state index contributed by atoms with van der Waals surface area (Å²) in [7, 11) is 0. The Balaban J connectivity index is 1.66. The Morgan fingerprint density at radius 2 is 1.96 bits per heavy atom. The molecular formula is C19H19F2NO3. The minimum Gasteiger partial charge on any atom is -0.493 e. The molecule has 2 atom stereocenters. The molecule has 2 aromatic rings. The maximum atomic E-state index is 14.0. The highest BCUT2D eigenvalue weighted by molar-refractivity contribution is 5.77. The van der Waals surface area contributed by atoms with E-state index in [1.807, 2.05) is 18.2 Å². The third-order valence-corrected chi connectivity index (χ3v) is 4.24. The minimum absolute atomic E-state index is 0.0916. The molecule has 1 heterocycles. The van der Waals surface area contributed by atoms with Crippen LogP contribution in [0.2, 0.25) is 0 Å². The lowest BCUT2D eigenvalue weighted by molar-refractivity contribution is -0.133. The fourth-order valence-electron chi connectivity index (χ4n) is 3.07. The largest absolute Gasteiger partial charge is 0.493 e. The highest BCUT2D eigenvalue weighted by Gasteiger charge is 2.36. The Morgan fingerprint density at radius 1 is 1.20 bits per heavy atom. The first-order valence-electron chi connectivity index (χ1n) is 8.15. The van der Waals surface area contributed by atoms with E-state index in [4.69, 9.17) is 4.74 Å². The average molecular weight is 347 g/mol. The zero-order valence-electron chi connectivity index (χ0n) is 13.6. The average Bonchev–Trinajstić information content (AvgIpc) is 2.99. The molecule has 0 radical (unpaired) electrons. The van der Waals surface area contributed by atoms with Gasteiger partial charge in [0.05, 0.1) is 25.2 Å². The molecule has 2 unspecified atom stereocenters. The Kier molecular flexibility index (Phi) is 5.28. The molecular weight excluding hydrogens is 328 g/mol. The van der Waals surface area contributed by atoms with E-state index in [1.54, 1.807) is 12.1 Å². The van der Waals surface area contributed by atoms with E-state index in [2.05, 4.69) is 0 Å². The lowest BCUT2D eigenvalue weighted by Gasteiger charge is -2.25. The Hall–Kier alpha value is -2.47. The second kappa shape index (κ2) is 7.61. The number of carbonyl (C=O) groups is 1. The van der Waals surface area contributed by atoms with Crippen LogP contribution in [0, 0.1) is 11.6 Å². The fourth-order valence-corrected chi connectivity index (χ4v) is 3.07. The highest BCUT2D eigenvalue weighted by Crippen LogP contribution is 2.34. The number of hydrogen-bond acceptors (Lipinski definition) is 3. The number of para-hydroxylation sites is 1. The zero-order chi connectivity index (χ0) is 17.8. The Bertz CT molecular complexity index is 739. The van der Waals surface area contributed by atoms with Crippen LogP contribution in [0.25, 0.3) is 0 Å². The van der Waals surface area contributed by atoms with E-state index >= 15 is 0 Å². The Morgan fingerprint density at radius 3 is 2.72 bits per heavy atom. The first kappa shape index (κ1) is 17.4. The number of amides is 1. The van der Waals surface area contributed by atoms with Crippen LogP contribution in [0.3, 0.4) is 0 Å². The summed E-state index contributed by atoms with van der Waals surface area (Å²) in [5.41, 5.74) is 0.0916. The van der Waals surface area contributed by atoms with Crippen LogP contribution in [0.5, 0.6) is 5.75 Å². The molecule has 25 heavy (non-hydrogen) atoms. The lowest BCUT2D eigenvalue weighted by atomic mass is 10.0. The van der Waals surface area contributed by atoms with Crippen molar-refractivity contribution in [1.82, 2.24) is 4.90 Å². The molecule has 0 saturated carbocycles. The van der Waals surface area contributed by atoms with Crippen molar-refractivity contribution in [3.05, 3.63) is 65.7 Å². The number of ether oxygens (including phenoxy) is 1. The van der Waals surface area contributed by atoms with Crippen molar-refractivity contribution in [2.75, 3.05) is 13.2 Å². The van der Waals surface area contributed by atoms with Crippen molar-refractivity contribution >= 4 is 5.91 Å².